The van der Waals surface area contributed by atoms with E-state index in [0.717, 1.165) is 0 Å². The van der Waals surface area contributed by atoms with Gasteiger partial charge in [-0.3, -0.25) is 15.2 Å². The highest BCUT2D eigenvalue weighted by Crippen LogP contribution is 2.23. The minimum atomic E-state index is -0.614. The van der Waals surface area contributed by atoms with Gasteiger partial charge < -0.3 is 4.98 Å². The van der Waals surface area contributed by atoms with Gasteiger partial charge in [0, 0.05) is 6.54 Å². The number of benzene rings is 2. The molecule has 0 aliphatic carbocycles. The second-order valence-electron chi connectivity index (χ2n) is 6.70. The van der Waals surface area contributed by atoms with Crippen molar-refractivity contribution in [1.29, 1.82) is 0 Å². The van der Waals surface area contributed by atoms with E-state index in [9.17, 15) is 9.18 Å². The average molecular weight is 416 g/mol. The van der Waals surface area contributed by atoms with Crippen LogP contribution in [0.4, 0.5) is 16.2 Å². The van der Waals surface area contributed by atoms with Gasteiger partial charge in [0.15, 0.2) is 11.5 Å². The molecule has 10 heteroatoms. The molecule has 2 aromatic carbocycles. The van der Waals surface area contributed by atoms with Crippen LogP contribution in [0, 0.1) is 5.82 Å². The summed E-state index contributed by atoms with van der Waals surface area (Å²) in [5.41, 5.74) is 4.63. The highest BCUT2D eigenvalue weighted by atomic mass is 19.1. The van der Waals surface area contributed by atoms with Gasteiger partial charge in [0.1, 0.15) is 23.0 Å². The SMILES string of the molecule is CCN(Nc1ncnc2nc[nH]c12)c1nc2cccc(F)c2c(=O)n1-c1ccccc1. The Balaban J connectivity index is 1.74. The molecule has 0 spiro atoms. The Hall–Kier alpha value is -4.34. The lowest BCUT2D eigenvalue weighted by Crippen LogP contribution is -2.37. The van der Waals surface area contributed by atoms with Gasteiger partial charge in [-0.1, -0.05) is 24.3 Å². The summed E-state index contributed by atoms with van der Waals surface area (Å²) in [7, 11) is 0. The van der Waals surface area contributed by atoms with Crippen molar-refractivity contribution in [3.63, 3.8) is 0 Å². The maximum Gasteiger partial charge on any atom is 0.270 e. The molecule has 31 heavy (non-hydrogen) atoms. The normalized spacial score (nSPS) is 11.2. The first-order valence-corrected chi connectivity index (χ1v) is 9.62. The molecule has 154 valence electrons. The van der Waals surface area contributed by atoms with E-state index in [4.69, 9.17) is 0 Å². The molecule has 5 aromatic rings. The summed E-state index contributed by atoms with van der Waals surface area (Å²) >= 11 is 0. The molecule has 2 N–H and O–H groups in total. The molecule has 0 bridgehead atoms. The van der Waals surface area contributed by atoms with Crippen LogP contribution in [0.25, 0.3) is 27.8 Å². The molecule has 9 nitrogen and oxygen atoms in total. The predicted molar refractivity (Wildman–Crippen MR) is 116 cm³/mol. The third kappa shape index (κ3) is 3.14. The quantitative estimate of drug-likeness (QED) is 0.424. The van der Waals surface area contributed by atoms with Crippen molar-refractivity contribution >= 4 is 33.8 Å². The van der Waals surface area contributed by atoms with Crippen LogP contribution in [0.1, 0.15) is 6.92 Å². The van der Waals surface area contributed by atoms with E-state index in [0.29, 0.717) is 35.2 Å². The van der Waals surface area contributed by atoms with Crippen molar-refractivity contribution in [2.75, 3.05) is 17.0 Å². The van der Waals surface area contributed by atoms with Gasteiger partial charge >= 0.3 is 0 Å². The first-order valence-electron chi connectivity index (χ1n) is 9.62. The van der Waals surface area contributed by atoms with E-state index in [-0.39, 0.29) is 10.9 Å². The van der Waals surface area contributed by atoms with E-state index in [1.807, 2.05) is 13.0 Å². The number of hydrogen-bond donors (Lipinski definition) is 2. The maximum absolute atomic E-state index is 14.5. The van der Waals surface area contributed by atoms with Gasteiger partial charge in [-0.25, -0.2) is 28.9 Å². The number of halogens is 1. The van der Waals surface area contributed by atoms with E-state index in [2.05, 4.69) is 30.3 Å². The standard InChI is InChI=1S/C21H17FN8O/c1-2-29(28-19-17-18(24-11-23-17)25-12-26-19)21-27-15-10-6-9-14(22)16(15)20(31)30(21)13-7-4-3-5-8-13/h3-12H,2H2,1H3,(H2,23,24,25,26,28). The smallest absolute Gasteiger partial charge is 0.270 e. The zero-order valence-corrected chi connectivity index (χ0v) is 16.5. The summed E-state index contributed by atoms with van der Waals surface area (Å²) in [5.74, 6) is 0.151. The van der Waals surface area contributed by atoms with E-state index in [1.54, 1.807) is 35.3 Å². The number of nitrogens with one attached hydrogen (secondary N) is 2. The van der Waals surface area contributed by atoms with Crippen molar-refractivity contribution in [2.24, 2.45) is 0 Å². The summed E-state index contributed by atoms with van der Waals surface area (Å²) in [4.78, 5) is 33.6. The maximum atomic E-state index is 14.5. The number of aromatic nitrogens is 6. The molecule has 0 amide bonds. The summed E-state index contributed by atoms with van der Waals surface area (Å²) in [5, 5.41) is 1.60. The minimum absolute atomic E-state index is 0.0656. The number of hydrogen-bond acceptors (Lipinski definition) is 7. The van der Waals surface area contributed by atoms with Crippen LogP contribution in [0.5, 0.6) is 0 Å². The Labute approximate surface area is 175 Å². The zero-order valence-electron chi connectivity index (χ0n) is 16.5. The lowest BCUT2D eigenvalue weighted by molar-refractivity contribution is 0.637. The van der Waals surface area contributed by atoms with E-state index >= 15 is 0 Å². The Morgan fingerprint density at radius 1 is 1.10 bits per heavy atom. The number of anilines is 2. The van der Waals surface area contributed by atoms with Crippen LogP contribution in [0.3, 0.4) is 0 Å². The van der Waals surface area contributed by atoms with Crippen LogP contribution in [0.15, 0.2) is 66.0 Å². The fourth-order valence-corrected chi connectivity index (χ4v) is 3.42. The molecule has 0 fully saturated rings. The average Bonchev–Trinajstić information content (AvgIpc) is 3.27. The molecule has 0 saturated heterocycles. The Morgan fingerprint density at radius 2 is 1.94 bits per heavy atom. The number of nitrogens with zero attached hydrogens (tertiary/aromatic N) is 6. The van der Waals surface area contributed by atoms with Crippen molar-refractivity contribution in [2.45, 2.75) is 6.92 Å². The molecule has 0 unspecified atom stereocenters. The predicted octanol–water partition coefficient (Wildman–Crippen LogP) is 3.04. The number of hydrazine groups is 1. The molecule has 3 heterocycles. The summed E-state index contributed by atoms with van der Waals surface area (Å²) in [6.45, 7) is 2.33. The molecule has 5 rings (SSSR count). The van der Waals surface area contributed by atoms with Crippen molar-refractivity contribution in [3.8, 4) is 5.69 Å². The van der Waals surface area contributed by atoms with Gasteiger partial charge in [-0.15, -0.1) is 0 Å². The van der Waals surface area contributed by atoms with Crippen LogP contribution in [-0.2, 0) is 0 Å². The van der Waals surface area contributed by atoms with Crippen LogP contribution < -0.4 is 16.0 Å². The Morgan fingerprint density at radius 3 is 2.74 bits per heavy atom. The number of aromatic amines is 1. The van der Waals surface area contributed by atoms with Crippen LogP contribution in [-0.4, -0.2) is 36.0 Å². The molecular weight excluding hydrogens is 399 g/mol. The summed E-state index contributed by atoms with van der Waals surface area (Å²) in [6.07, 6.45) is 2.92. The summed E-state index contributed by atoms with van der Waals surface area (Å²) < 4.78 is 15.9. The monoisotopic (exact) mass is 416 g/mol. The van der Waals surface area contributed by atoms with Crippen molar-refractivity contribution in [3.05, 3.63) is 77.4 Å². The van der Waals surface area contributed by atoms with Crippen LogP contribution in [0.2, 0.25) is 0 Å². The first kappa shape index (κ1) is 18.7. The van der Waals surface area contributed by atoms with Gasteiger partial charge in [0.25, 0.3) is 5.56 Å². The second kappa shape index (κ2) is 7.48. The van der Waals surface area contributed by atoms with Gasteiger partial charge in [-0.2, -0.15) is 0 Å². The molecular formula is C21H17FN8O. The molecule has 3 aromatic heterocycles. The highest BCUT2D eigenvalue weighted by Gasteiger charge is 2.20. The van der Waals surface area contributed by atoms with Crippen LogP contribution >= 0.6 is 0 Å². The highest BCUT2D eigenvalue weighted by molar-refractivity contribution is 5.83. The third-order valence-electron chi connectivity index (χ3n) is 4.86. The zero-order chi connectivity index (χ0) is 21.4. The summed E-state index contributed by atoms with van der Waals surface area (Å²) in [6, 6.07) is 13.4. The number of imidazole rings is 1. The third-order valence-corrected chi connectivity index (χ3v) is 4.86. The molecule has 0 atom stereocenters. The second-order valence-corrected chi connectivity index (χ2v) is 6.70. The largest absolute Gasteiger partial charge is 0.340 e. The molecule has 0 saturated carbocycles. The topological polar surface area (TPSA) is 105 Å². The number of rotatable bonds is 5. The number of para-hydroxylation sites is 1. The van der Waals surface area contributed by atoms with Gasteiger partial charge in [-0.05, 0) is 31.2 Å². The molecule has 0 aliphatic rings. The first-order chi connectivity index (χ1) is 15.2. The molecule has 0 radical (unpaired) electrons. The lowest BCUT2D eigenvalue weighted by Gasteiger charge is -2.26. The Bertz CT molecular complexity index is 1450. The Kier molecular flexibility index (Phi) is 4.51. The lowest BCUT2D eigenvalue weighted by atomic mass is 10.2. The minimum Gasteiger partial charge on any atom is -0.340 e. The van der Waals surface area contributed by atoms with Crippen molar-refractivity contribution in [1.82, 2.24) is 29.5 Å². The van der Waals surface area contributed by atoms with Gasteiger partial charge in [0.05, 0.1) is 17.5 Å². The fourth-order valence-electron chi connectivity index (χ4n) is 3.42. The fraction of sp³-hybridized carbons (Fsp3) is 0.0952. The number of H-pyrrole nitrogens is 1. The van der Waals surface area contributed by atoms with Gasteiger partial charge in [0.2, 0.25) is 5.95 Å². The van der Waals surface area contributed by atoms with E-state index in [1.165, 1.54) is 29.4 Å². The van der Waals surface area contributed by atoms with E-state index < -0.39 is 11.4 Å². The van der Waals surface area contributed by atoms with Crippen molar-refractivity contribution < 1.29 is 4.39 Å². The number of fused-ring (bicyclic) bond motifs is 2. The molecule has 0 aliphatic heterocycles.